The van der Waals surface area contributed by atoms with Gasteiger partial charge < -0.3 is 10.2 Å². The number of pyridine rings is 1. The first-order valence-corrected chi connectivity index (χ1v) is 11.1. The van der Waals surface area contributed by atoms with Gasteiger partial charge in [0, 0.05) is 44.1 Å². The van der Waals surface area contributed by atoms with Gasteiger partial charge in [0.1, 0.15) is 22.4 Å². The third-order valence-corrected chi connectivity index (χ3v) is 7.76. The SMILES string of the molecule is Cn1cc(S(=O)(=O)[C@@](C)(F)C2CCN(C(=O)Nc3ccnc(C#N)c3)CC2)c(C(F)F)n1. The van der Waals surface area contributed by atoms with Gasteiger partial charge in [-0.25, -0.2) is 31.4 Å². The molecule has 1 N–H and O–H groups in total. The van der Waals surface area contributed by atoms with Crippen molar-refractivity contribution < 1.29 is 26.4 Å². The highest BCUT2D eigenvalue weighted by Gasteiger charge is 2.50. The molecule has 13 heteroatoms. The molecule has 9 nitrogen and oxygen atoms in total. The Hall–Kier alpha value is -3.14. The van der Waals surface area contributed by atoms with Crippen LogP contribution in [0.15, 0.2) is 29.4 Å². The van der Waals surface area contributed by atoms with Crippen molar-refractivity contribution in [1.29, 1.82) is 5.26 Å². The standard InChI is InChI=1S/C19H21F3N6O3S/c1-19(22,32(30,31)15-11-27(2)26-16(15)17(20)21)12-4-7-28(8-5-12)18(29)25-13-3-6-24-14(9-13)10-23/h3,6,9,11-12,17H,4-5,7-8H2,1-2H3,(H,24,25,29)/t19-/m1/s1. The van der Waals surface area contributed by atoms with Gasteiger partial charge in [0.2, 0.25) is 14.8 Å². The lowest BCUT2D eigenvalue weighted by atomic mass is 9.92. The van der Waals surface area contributed by atoms with Gasteiger partial charge >= 0.3 is 6.03 Å². The molecule has 1 atom stereocenters. The number of aromatic nitrogens is 3. The van der Waals surface area contributed by atoms with Crippen molar-refractivity contribution in [3.05, 3.63) is 35.9 Å². The second kappa shape index (κ2) is 8.78. The van der Waals surface area contributed by atoms with Crippen molar-refractivity contribution in [2.75, 3.05) is 18.4 Å². The zero-order valence-electron chi connectivity index (χ0n) is 17.3. The maximum Gasteiger partial charge on any atom is 0.321 e. The zero-order valence-corrected chi connectivity index (χ0v) is 18.1. The van der Waals surface area contributed by atoms with E-state index in [0.29, 0.717) is 5.69 Å². The molecule has 2 aromatic rings. The van der Waals surface area contributed by atoms with Gasteiger partial charge in [0.05, 0.1) is 0 Å². The van der Waals surface area contributed by atoms with Crippen molar-refractivity contribution >= 4 is 21.6 Å². The van der Waals surface area contributed by atoms with Gasteiger partial charge in [-0.15, -0.1) is 0 Å². The number of piperidine rings is 1. The number of hydrogen-bond acceptors (Lipinski definition) is 6. The summed E-state index contributed by atoms with van der Waals surface area (Å²) in [5, 5.41) is 12.1. The smallest absolute Gasteiger partial charge is 0.321 e. The van der Waals surface area contributed by atoms with Gasteiger partial charge in [-0.1, -0.05) is 0 Å². The number of hydrogen-bond donors (Lipinski definition) is 1. The molecule has 0 bridgehead atoms. The summed E-state index contributed by atoms with van der Waals surface area (Å²) < 4.78 is 68.8. The number of nitriles is 1. The maximum absolute atomic E-state index is 15.6. The van der Waals surface area contributed by atoms with Gasteiger partial charge in [0.25, 0.3) is 6.43 Å². The molecule has 32 heavy (non-hydrogen) atoms. The van der Waals surface area contributed by atoms with Crippen molar-refractivity contribution in [3.8, 4) is 6.07 Å². The molecule has 0 saturated carbocycles. The predicted octanol–water partition coefficient (Wildman–Crippen LogP) is 3.03. The third-order valence-electron chi connectivity index (χ3n) is 5.48. The first-order valence-electron chi connectivity index (χ1n) is 9.64. The van der Waals surface area contributed by atoms with E-state index in [1.165, 1.54) is 30.3 Å². The lowest BCUT2D eigenvalue weighted by Gasteiger charge is -2.37. The molecule has 3 heterocycles. The van der Waals surface area contributed by atoms with E-state index >= 15 is 4.39 Å². The van der Waals surface area contributed by atoms with Crippen molar-refractivity contribution in [1.82, 2.24) is 19.7 Å². The first kappa shape index (κ1) is 23.5. The van der Waals surface area contributed by atoms with E-state index < -0.39 is 43.8 Å². The van der Waals surface area contributed by atoms with Crippen LogP contribution in [0.3, 0.4) is 0 Å². The predicted molar refractivity (Wildman–Crippen MR) is 107 cm³/mol. The van der Waals surface area contributed by atoms with Crippen LogP contribution in [-0.4, -0.2) is 52.2 Å². The van der Waals surface area contributed by atoms with Crippen LogP contribution in [0.25, 0.3) is 0 Å². The van der Waals surface area contributed by atoms with Gasteiger partial charge in [0.15, 0.2) is 0 Å². The normalized spacial score (nSPS) is 17.1. The van der Waals surface area contributed by atoms with Crippen molar-refractivity contribution in [2.24, 2.45) is 13.0 Å². The minimum Gasteiger partial charge on any atom is -0.325 e. The number of nitrogens with one attached hydrogen (secondary N) is 1. The molecule has 0 radical (unpaired) electrons. The Balaban J connectivity index is 1.71. The number of nitrogens with zero attached hydrogens (tertiary/aromatic N) is 5. The Kier molecular flexibility index (Phi) is 6.45. The molecule has 3 rings (SSSR count). The highest BCUT2D eigenvalue weighted by atomic mass is 32.2. The van der Waals surface area contributed by atoms with Crippen LogP contribution < -0.4 is 5.32 Å². The molecule has 2 aromatic heterocycles. The summed E-state index contributed by atoms with van der Waals surface area (Å²) >= 11 is 0. The number of aryl methyl sites for hydroxylation is 1. The Morgan fingerprint density at radius 3 is 2.62 bits per heavy atom. The topological polar surface area (TPSA) is 121 Å². The number of urea groups is 1. The fraction of sp³-hybridized carbons (Fsp3) is 0.474. The minimum atomic E-state index is -4.77. The van der Waals surface area contributed by atoms with E-state index in [0.717, 1.165) is 17.8 Å². The monoisotopic (exact) mass is 470 g/mol. The molecule has 1 aliphatic heterocycles. The number of alkyl halides is 3. The Morgan fingerprint density at radius 1 is 1.38 bits per heavy atom. The average molecular weight is 470 g/mol. The molecule has 172 valence electrons. The highest BCUT2D eigenvalue weighted by molar-refractivity contribution is 7.92. The van der Waals surface area contributed by atoms with Crippen LogP contribution >= 0.6 is 0 Å². The second-order valence-electron chi connectivity index (χ2n) is 7.58. The summed E-state index contributed by atoms with van der Waals surface area (Å²) in [5.74, 6) is -1.01. The Labute approximate surface area is 182 Å². The van der Waals surface area contributed by atoms with E-state index in [4.69, 9.17) is 5.26 Å². The maximum atomic E-state index is 15.6. The molecular formula is C19H21F3N6O3S. The highest BCUT2D eigenvalue weighted by Crippen LogP contribution is 2.41. The third kappa shape index (κ3) is 4.40. The lowest BCUT2D eigenvalue weighted by molar-refractivity contribution is 0.116. The number of halogens is 3. The molecule has 0 aromatic carbocycles. The number of likely N-dealkylation sites (tertiary alicyclic amines) is 1. The van der Waals surface area contributed by atoms with Gasteiger partial charge in [-0.05, 0) is 31.9 Å². The number of rotatable bonds is 5. The summed E-state index contributed by atoms with van der Waals surface area (Å²) in [6, 6.07) is 4.26. The Bertz CT molecular complexity index is 1150. The fourth-order valence-electron chi connectivity index (χ4n) is 3.65. The van der Waals surface area contributed by atoms with Crippen LogP contribution in [0.2, 0.25) is 0 Å². The van der Waals surface area contributed by atoms with Crippen molar-refractivity contribution in [3.63, 3.8) is 0 Å². The molecule has 1 saturated heterocycles. The molecule has 0 aliphatic carbocycles. The van der Waals surface area contributed by atoms with E-state index in [1.54, 1.807) is 0 Å². The zero-order chi connectivity index (χ0) is 23.7. The van der Waals surface area contributed by atoms with Gasteiger partial charge in [-0.2, -0.15) is 10.4 Å². The molecule has 0 unspecified atom stereocenters. The van der Waals surface area contributed by atoms with E-state index in [9.17, 15) is 22.0 Å². The number of sulfone groups is 1. The molecular weight excluding hydrogens is 449 g/mol. The minimum absolute atomic E-state index is 0.0176. The Morgan fingerprint density at radius 2 is 2.03 bits per heavy atom. The number of carbonyl (C=O) groups is 1. The van der Waals surface area contributed by atoms with Crippen LogP contribution in [0.1, 0.15) is 37.6 Å². The summed E-state index contributed by atoms with van der Waals surface area (Å²) in [4.78, 5) is 16.8. The van der Waals surface area contributed by atoms with Gasteiger partial charge in [-0.3, -0.25) is 4.68 Å². The van der Waals surface area contributed by atoms with Crippen LogP contribution in [0, 0.1) is 17.2 Å². The largest absolute Gasteiger partial charge is 0.325 e. The summed E-state index contributed by atoms with van der Waals surface area (Å²) in [6.07, 6.45) is -0.891. The number of anilines is 1. The molecule has 2 amide bonds. The molecule has 1 aliphatic rings. The lowest BCUT2D eigenvalue weighted by Crippen LogP contribution is -2.48. The molecule has 1 fully saturated rings. The quantitative estimate of drug-likeness (QED) is 0.717. The summed E-state index contributed by atoms with van der Waals surface area (Å²) in [7, 11) is -3.50. The average Bonchev–Trinajstić information content (AvgIpc) is 3.16. The number of amides is 2. The van der Waals surface area contributed by atoms with Crippen molar-refractivity contribution in [2.45, 2.75) is 36.1 Å². The summed E-state index contributed by atoms with van der Waals surface area (Å²) in [6.45, 7) is 0.998. The number of carbonyl (C=O) groups excluding carboxylic acids is 1. The fourth-order valence-corrected chi connectivity index (χ4v) is 5.45. The van der Waals surface area contributed by atoms with E-state index in [-0.39, 0.29) is 31.6 Å². The van der Waals surface area contributed by atoms with Crippen LogP contribution in [0.4, 0.5) is 23.7 Å². The first-order chi connectivity index (χ1) is 15.0. The second-order valence-corrected chi connectivity index (χ2v) is 9.82. The summed E-state index contributed by atoms with van der Waals surface area (Å²) in [5.41, 5.74) is -0.501. The van der Waals surface area contributed by atoms with Crippen LogP contribution in [0.5, 0.6) is 0 Å². The van der Waals surface area contributed by atoms with E-state index in [2.05, 4.69) is 15.4 Å². The van der Waals surface area contributed by atoms with Crippen LogP contribution in [-0.2, 0) is 16.9 Å². The molecule has 0 spiro atoms. The van der Waals surface area contributed by atoms with E-state index in [1.807, 2.05) is 6.07 Å².